The average molecular weight is 465 g/mol. The van der Waals surface area contributed by atoms with E-state index in [0.717, 1.165) is 36.1 Å². The molecule has 7 heteroatoms. The number of fused-ring (bicyclic) bond motifs is 2. The zero-order valence-electron chi connectivity index (χ0n) is 19.7. The Hall–Kier alpha value is -3.35. The van der Waals surface area contributed by atoms with E-state index in [1.807, 2.05) is 66.4 Å². The van der Waals surface area contributed by atoms with E-state index >= 15 is 0 Å². The van der Waals surface area contributed by atoms with Crippen LogP contribution in [0.2, 0.25) is 0 Å². The highest BCUT2D eigenvalue weighted by Gasteiger charge is 2.49. The molecule has 0 unspecified atom stereocenters. The maximum absolute atomic E-state index is 13.3. The molecular weight excluding hydrogens is 432 g/mol. The van der Waals surface area contributed by atoms with Gasteiger partial charge < -0.3 is 14.7 Å². The number of carboxylic acids is 1. The number of amides is 2. The summed E-state index contributed by atoms with van der Waals surface area (Å²) in [5.41, 5.74) is 2.61. The van der Waals surface area contributed by atoms with Crippen molar-refractivity contribution in [3.8, 4) is 0 Å². The predicted octanol–water partition coefficient (Wildman–Crippen LogP) is 5.01. The van der Waals surface area contributed by atoms with Crippen molar-refractivity contribution in [2.75, 3.05) is 11.4 Å². The average Bonchev–Trinajstić information content (AvgIpc) is 3.32. The minimum absolute atomic E-state index is 0.0396. The lowest BCUT2D eigenvalue weighted by molar-refractivity contribution is -0.146. The van der Waals surface area contributed by atoms with E-state index in [4.69, 9.17) is 4.74 Å². The molecule has 2 aromatic carbocycles. The number of ether oxygens (including phenoxy) is 1. The molecule has 4 atom stereocenters. The molecule has 2 aliphatic rings. The van der Waals surface area contributed by atoms with Crippen molar-refractivity contribution in [3.05, 3.63) is 65.7 Å². The summed E-state index contributed by atoms with van der Waals surface area (Å²) in [5.74, 6) is -1.81. The van der Waals surface area contributed by atoms with Crippen LogP contribution in [0, 0.1) is 11.8 Å². The zero-order chi connectivity index (χ0) is 24.2. The molecule has 0 radical (unpaired) electrons. The number of carboxylic acid groups (broad SMARTS) is 1. The molecular formula is C27H32N2O5. The Morgan fingerprint density at radius 1 is 1.09 bits per heavy atom. The molecule has 1 heterocycles. The topological polar surface area (TPSA) is 87.2 Å². The van der Waals surface area contributed by atoms with Gasteiger partial charge in [0.15, 0.2) is 0 Å². The molecule has 2 amide bonds. The maximum Gasteiger partial charge on any atom is 0.414 e. The third-order valence-electron chi connectivity index (χ3n) is 7.08. The van der Waals surface area contributed by atoms with Crippen molar-refractivity contribution < 1.29 is 24.2 Å². The molecule has 1 aliphatic heterocycles. The third kappa shape index (κ3) is 4.65. The van der Waals surface area contributed by atoms with Gasteiger partial charge in [-0.15, -0.1) is 0 Å². The largest absolute Gasteiger partial charge is 0.481 e. The molecule has 180 valence electrons. The molecule has 34 heavy (non-hydrogen) atoms. The molecule has 1 fully saturated rings. The van der Waals surface area contributed by atoms with Crippen LogP contribution in [0.15, 0.2) is 54.6 Å². The maximum atomic E-state index is 13.3. The van der Waals surface area contributed by atoms with Crippen molar-refractivity contribution in [2.24, 2.45) is 11.8 Å². The van der Waals surface area contributed by atoms with Crippen LogP contribution in [0.1, 0.15) is 56.7 Å². The number of nitrogens with zero attached hydrogens (tertiary/aromatic N) is 2. The number of hydrogen-bond acceptors (Lipinski definition) is 4. The van der Waals surface area contributed by atoms with Crippen LogP contribution in [0.3, 0.4) is 0 Å². The highest BCUT2D eigenvalue weighted by molar-refractivity contribution is 5.91. The van der Waals surface area contributed by atoms with Crippen LogP contribution in [-0.4, -0.2) is 40.6 Å². The summed E-state index contributed by atoms with van der Waals surface area (Å²) in [6, 6.07) is 17.1. The van der Waals surface area contributed by atoms with Gasteiger partial charge in [0.2, 0.25) is 5.91 Å². The van der Waals surface area contributed by atoms with Crippen LogP contribution in [-0.2, 0) is 20.9 Å². The Balaban J connectivity index is 1.64. The summed E-state index contributed by atoms with van der Waals surface area (Å²) >= 11 is 0. The summed E-state index contributed by atoms with van der Waals surface area (Å²) in [5, 5.41) is 9.30. The summed E-state index contributed by atoms with van der Waals surface area (Å²) in [7, 11) is 0. The van der Waals surface area contributed by atoms with Crippen LogP contribution >= 0.6 is 0 Å². The fraction of sp³-hybridized carbons (Fsp3) is 0.444. The first-order valence-electron chi connectivity index (χ1n) is 12.0. The fourth-order valence-electron chi connectivity index (χ4n) is 5.44. The molecule has 4 rings (SSSR count). The van der Waals surface area contributed by atoms with Crippen molar-refractivity contribution in [3.63, 3.8) is 0 Å². The lowest BCUT2D eigenvalue weighted by atomic mass is 9.81. The summed E-state index contributed by atoms with van der Waals surface area (Å²) in [6.45, 7) is 4.17. The molecule has 0 saturated heterocycles. The van der Waals surface area contributed by atoms with Crippen LogP contribution in [0.25, 0.3) is 0 Å². The Morgan fingerprint density at radius 3 is 2.50 bits per heavy atom. The number of hydrogen-bond donors (Lipinski definition) is 1. The molecule has 1 N–H and O–H groups in total. The fourth-order valence-corrected chi connectivity index (χ4v) is 5.44. The number of carbonyl (C=O) groups is 3. The number of anilines is 1. The lowest BCUT2D eigenvalue weighted by Gasteiger charge is -2.47. The van der Waals surface area contributed by atoms with E-state index in [1.54, 1.807) is 11.8 Å². The highest BCUT2D eigenvalue weighted by atomic mass is 16.6. The first-order valence-corrected chi connectivity index (χ1v) is 12.0. The summed E-state index contributed by atoms with van der Waals surface area (Å²) < 4.78 is 5.72. The number of rotatable bonds is 7. The molecule has 7 nitrogen and oxygen atoms in total. The highest BCUT2D eigenvalue weighted by Crippen LogP contribution is 2.50. The van der Waals surface area contributed by atoms with Gasteiger partial charge in [-0.1, -0.05) is 61.9 Å². The normalized spacial score (nSPS) is 21.8. The smallest absolute Gasteiger partial charge is 0.414 e. The summed E-state index contributed by atoms with van der Waals surface area (Å²) in [4.78, 5) is 41.5. The minimum Gasteiger partial charge on any atom is -0.481 e. The quantitative estimate of drug-likeness (QED) is 0.622. The Bertz CT molecular complexity index is 1040. The van der Waals surface area contributed by atoms with Gasteiger partial charge in [-0.05, 0) is 37.0 Å². The van der Waals surface area contributed by atoms with Crippen LogP contribution < -0.4 is 4.90 Å². The van der Waals surface area contributed by atoms with Gasteiger partial charge in [0.05, 0.1) is 17.6 Å². The monoisotopic (exact) mass is 464 g/mol. The van der Waals surface area contributed by atoms with Crippen molar-refractivity contribution >= 4 is 23.7 Å². The molecule has 0 spiro atoms. The number of para-hydroxylation sites is 1. The SMILES string of the molecule is CCN(C(=O)C[C@@H](C)C(=O)O)[C@H]1c2ccccc2N(C(=O)OCc2ccccc2)[C@@H]2CCC[C@@H]21. The van der Waals surface area contributed by atoms with E-state index in [1.165, 1.54) is 0 Å². The second-order valence-corrected chi connectivity index (χ2v) is 9.20. The van der Waals surface area contributed by atoms with Crippen LogP contribution in [0.4, 0.5) is 10.5 Å². The van der Waals surface area contributed by atoms with Gasteiger partial charge in [0.25, 0.3) is 0 Å². The number of benzene rings is 2. The van der Waals surface area contributed by atoms with E-state index in [9.17, 15) is 19.5 Å². The van der Waals surface area contributed by atoms with Crippen molar-refractivity contribution in [1.29, 1.82) is 0 Å². The summed E-state index contributed by atoms with van der Waals surface area (Å²) in [6.07, 6.45) is 2.28. The van der Waals surface area contributed by atoms with Gasteiger partial charge in [-0.3, -0.25) is 14.5 Å². The van der Waals surface area contributed by atoms with E-state index in [2.05, 4.69) is 0 Å². The van der Waals surface area contributed by atoms with Gasteiger partial charge in [-0.2, -0.15) is 0 Å². The van der Waals surface area contributed by atoms with Crippen LogP contribution in [0.5, 0.6) is 0 Å². The molecule has 0 bridgehead atoms. The van der Waals surface area contributed by atoms with Gasteiger partial charge >= 0.3 is 12.1 Å². The molecule has 2 aromatic rings. The van der Waals surface area contributed by atoms with Crippen molar-refractivity contribution in [1.82, 2.24) is 4.90 Å². The third-order valence-corrected chi connectivity index (χ3v) is 7.08. The lowest BCUT2D eigenvalue weighted by Crippen LogP contribution is -2.52. The second kappa shape index (κ2) is 10.3. The first kappa shape index (κ1) is 23.8. The number of carbonyl (C=O) groups excluding carboxylic acids is 2. The second-order valence-electron chi connectivity index (χ2n) is 9.20. The van der Waals surface area contributed by atoms with Gasteiger partial charge in [0, 0.05) is 24.9 Å². The number of aliphatic carboxylic acids is 1. The van der Waals surface area contributed by atoms with E-state index < -0.39 is 11.9 Å². The molecule has 0 aromatic heterocycles. The van der Waals surface area contributed by atoms with E-state index in [0.29, 0.717) is 6.54 Å². The Labute approximate surface area is 200 Å². The van der Waals surface area contributed by atoms with Crippen molar-refractivity contribution in [2.45, 2.75) is 58.2 Å². The predicted molar refractivity (Wildman–Crippen MR) is 128 cm³/mol. The molecule has 1 aliphatic carbocycles. The van der Waals surface area contributed by atoms with Gasteiger partial charge in [0.1, 0.15) is 6.61 Å². The van der Waals surface area contributed by atoms with Gasteiger partial charge in [-0.25, -0.2) is 4.79 Å². The standard InChI is InChI=1S/C27H32N2O5/c1-3-28(24(30)16-18(2)26(31)32)25-20-12-7-8-14-22(20)29(23-15-9-13-21(23)25)27(33)34-17-19-10-5-4-6-11-19/h4-8,10-12,14,18,21,23,25H,3,9,13,15-17H2,1-2H3,(H,31,32)/t18-,21+,23-,25+/m1/s1. The Morgan fingerprint density at radius 2 is 1.79 bits per heavy atom. The molecule has 1 saturated carbocycles. The Kier molecular flexibility index (Phi) is 7.20. The zero-order valence-corrected chi connectivity index (χ0v) is 19.7. The first-order chi connectivity index (χ1) is 16.4. The van der Waals surface area contributed by atoms with E-state index in [-0.39, 0.29) is 43.0 Å². The minimum atomic E-state index is -0.973.